The highest BCUT2D eigenvalue weighted by molar-refractivity contribution is 5.79. The lowest BCUT2D eigenvalue weighted by Crippen LogP contribution is -2.48. The third kappa shape index (κ3) is 5.71. The van der Waals surface area contributed by atoms with Crippen molar-refractivity contribution in [1.29, 1.82) is 0 Å². The van der Waals surface area contributed by atoms with Crippen molar-refractivity contribution in [2.75, 3.05) is 39.9 Å². The van der Waals surface area contributed by atoms with Gasteiger partial charge in [0.15, 0.2) is 5.96 Å². The predicted molar refractivity (Wildman–Crippen MR) is 117 cm³/mol. The molecule has 2 aliphatic rings. The van der Waals surface area contributed by atoms with Crippen molar-refractivity contribution < 1.29 is 4.74 Å². The molecule has 156 valence electrons. The second-order valence-electron chi connectivity index (χ2n) is 8.54. The van der Waals surface area contributed by atoms with Crippen molar-refractivity contribution in [2.24, 2.45) is 10.9 Å². The Kier molecular flexibility index (Phi) is 7.74. The van der Waals surface area contributed by atoms with Crippen LogP contribution in [-0.2, 0) is 4.74 Å². The van der Waals surface area contributed by atoms with Crippen LogP contribution in [0.15, 0.2) is 35.3 Å². The lowest BCUT2D eigenvalue weighted by atomic mass is 9.95. The van der Waals surface area contributed by atoms with Crippen LogP contribution >= 0.6 is 0 Å². The average Bonchev–Trinajstić information content (AvgIpc) is 3.38. The van der Waals surface area contributed by atoms with E-state index in [1.54, 1.807) is 0 Å². The number of benzene rings is 1. The molecule has 2 fully saturated rings. The zero-order chi connectivity index (χ0) is 19.8. The summed E-state index contributed by atoms with van der Waals surface area (Å²) in [4.78, 5) is 7.37. The summed E-state index contributed by atoms with van der Waals surface area (Å²) >= 11 is 0. The van der Waals surface area contributed by atoms with Gasteiger partial charge in [0, 0.05) is 44.2 Å². The van der Waals surface area contributed by atoms with Gasteiger partial charge in [-0.3, -0.25) is 4.99 Å². The van der Waals surface area contributed by atoms with Crippen LogP contribution in [0.3, 0.4) is 0 Å². The summed E-state index contributed by atoms with van der Waals surface area (Å²) in [6, 6.07) is 11.1. The molecule has 5 nitrogen and oxygen atoms in total. The van der Waals surface area contributed by atoms with E-state index in [9.17, 15) is 0 Å². The van der Waals surface area contributed by atoms with E-state index in [-0.39, 0.29) is 5.54 Å². The standard InChI is InChI=1S/C23H38N4O/c1-4-24-22(27(3)16-20-12-15-28-17-20)25-18-23(13-8-9-14-23)26-19(2)21-10-6-5-7-11-21/h5-7,10-11,19-20,26H,4,8-9,12-18H2,1-3H3,(H,24,25). The van der Waals surface area contributed by atoms with Gasteiger partial charge in [0.05, 0.1) is 13.2 Å². The van der Waals surface area contributed by atoms with Gasteiger partial charge in [0.25, 0.3) is 0 Å². The molecule has 1 aliphatic carbocycles. The molecule has 1 saturated heterocycles. The summed E-state index contributed by atoms with van der Waals surface area (Å²) in [5.74, 6) is 1.64. The van der Waals surface area contributed by atoms with Crippen molar-refractivity contribution >= 4 is 5.96 Å². The number of ether oxygens (including phenoxy) is 1. The first-order chi connectivity index (χ1) is 13.6. The molecule has 3 rings (SSSR count). The van der Waals surface area contributed by atoms with Crippen LogP contribution in [0.2, 0.25) is 0 Å². The van der Waals surface area contributed by atoms with Crippen LogP contribution in [0.4, 0.5) is 0 Å². The summed E-state index contributed by atoms with van der Waals surface area (Å²) < 4.78 is 5.54. The number of guanidine groups is 1. The van der Waals surface area contributed by atoms with Crippen LogP contribution in [0.1, 0.15) is 57.6 Å². The molecule has 0 amide bonds. The summed E-state index contributed by atoms with van der Waals surface area (Å²) in [5.41, 5.74) is 1.45. The number of nitrogens with zero attached hydrogens (tertiary/aromatic N) is 2. The van der Waals surface area contributed by atoms with Gasteiger partial charge in [0.2, 0.25) is 0 Å². The Morgan fingerprint density at radius 1 is 1.29 bits per heavy atom. The Balaban J connectivity index is 1.66. The fourth-order valence-electron chi connectivity index (χ4n) is 4.58. The summed E-state index contributed by atoms with van der Waals surface area (Å²) in [6.45, 7) is 8.93. The minimum atomic E-state index is 0.104. The zero-order valence-corrected chi connectivity index (χ0v) is 17.9. The van der Waals surface area contributed by atoms with E-state index >= 15 is 0 Å². The molecule has 1 heterocycles. The molecular formula is C23H38N4O. The molecule has 0 bridgehead atoms. The van der Waals surface area contributed by atoms with Crippen LogP contribution in [-0.4, -0.2) is 56.3 Å². The molecule has 0 radical (unpaired) electrons. The van der Waals surface area contributed by atoms with Gasteiger partial charge in [0.1, 0.15) is 0 Å². The Bertz CT molecular complexity index is 606. The van der Waals surface area contributed by atoms with Crippen molar-refractivity contribution in [3.63, 3.8) is 0 Å². The van der Waals surface area contributed by atoms with Gasteiger partial charge in [-0.05, 0) is 38.7 Å². The Morgan fingerprint density at radius 2 is 2.04 bits per heavy atom. The molecule has 28 heavy (non-hydrogen) atoms. The lowest BCUT2D eigenvalue weighted by molar-refractivity contribution is 0.181. The second kappa shape index (κ2) is 10.3. The summed E-state index contributed by atoms with van der Waals surface area (Å²) in [7, 11) is 2.15. The minimum Gasteiger partial charge on any atom is -0.381 e. The number of aliphatic imine (C=N–C) groups is 1. The maximum absolute atomic E-state index is 5.54. The molecule has 2 atom stereocenters. The molecule has 1 aromatic carbocycles. The van der Waals surface area contributed by atoms with Crippen LogP contribution in [0.25, 0.3) is 0 Å². The van der Waals surface area contributed by atoms with Crippen LogP contribution in [0, 0.1) is 5.92 Å². The first-order valence-corrected chi connectivity index (χ1v) is 11.0. The summed E-state index contributed by atoms with van der Waals surface area (Å²) in [5, 5.41) is 7.43. The van der Waals surface area contributed by atoms with E-state index in [0.29, 0.717) is 12.0 Å². The Hall–Kier alpha value is -1.59. The maximum atomic E-state index is 5.54. The van der Waals surface area contributed by atoms with Gasteiger partial charge in [-0.25, -0.2) is 0 Å². The Labute approximate surface area is 170 Å². The molecule has 2 unspecified atom stereocenters. The third-order valence-electron chi connectivity index (χ3n) is 6.17. The van der Waals surface area contributed by atoms with E-state index in [0.717, 1.165) is 45.2 Å². The number of rotatable bonds is 8. The molecular weight excluding hydrogens is 348 g/mol. The van der Waals surface area contributed by atoms with E-state index in [1.165, 1.54) is 31.2 Å². The maximum Gasteiger partial charge on any atom is 0.193 e. The quantitative estimate of drug-likeness (QED) is 0.530. The van der Waals surface area contributed by atoms with Crippen LogP contribution in [0.5, 0.6) is 0 Å². The molecule has 2 N–H and O–H groups in total. The number of hydrogen-bond acceptors (Lipinski definition) is 3. The van der Waals surface area contributed by atoms with Crippen LogP contribution < -0.4 is 10.6 Å². The highest BCUT2D eigenvalue weighted by Gasteiger charge is 2.35. The smallest absolute Gasteiger partial charge is 0.193 e. The van der Waals surface area contributed by atoms with E-state index in [2.05, 4.69) is 66.8 Å². The van der Waals surface area contributed by atoms with E-state index in [1.807, 2.05) is 0 Å². The zero-order valence-electron chi connectivity index (χ0n) is 17.9. The highest BCUT2D eigenvalue weighted by Crippen LogP contribution is 2.32. The molecule has 1 aliphatic heterocycles. The second-order valence-corrected chi connectivity index (χ2v) is 8.54. The van der Waals surface area contributed by atoms with E-state index in [4.69, 9.17) is 9.73 Å². The van der Waals surface area contributed by atoms with E-state index < -0.39 is 0 Å². The normalized spacial score (nSPS) is 23.0. The van der Waals surface area contributed by atoms with Gasteiger partial charge in [-0.15, -0.1) is 0 Å². The highest BCUT2D eigenvalue weighted by atomic mass is 16.5. The molecule has 0 spiro atoms. The monoisotopic (exact) mass is 386 g/mol. The first-order valence-electron chi connectivity index (χ1n) is 11.0. The number of nitrogens with one attached hydrogen (secondary N) is 2. The molecule has 1 aromatic rings. The molecule has 0 aromatic heterocycles. The SMILES string of the molecule is CCNC(=NCC1(NC(C)c2ccccc2)CCCC1)N(C)CC1CCOC1. The summed E-state index contributed by atoms with van der Waals surface area (Å²) in [6.07, 6.45) is 6.13. The number of hydrogen-bond donors (Lipinski definition) is 2. The minimum absolute atomic E-state index is 0.104. The van der Waals surface area contributed by atoms with Crippen molar-refractivity contribution in [3.05, 3.63) is 35.9 Å². The molecule has 1 saturated carbocycles. The van der Waals surface area contributed by atoms with Crippen molar-refractivity contribution in [1.82, 2.24) is 15.5 Å². The fraction of sp³-hybridized carbons (Fsp3) is 0.696. The fourth-order valence-corrected chi connectivity index (χ4v) is 4.58. The van der Waals surface area contributed by atoms with Crippen molar-refractivity contribution in [2.45, 2.75) is 57.5 Å². The third-order valence-corrected chi connectivity index (χ3v) is 6.17. The Morgan fingerprint density at radius 3 is 2.68 bits per heavy atom. The average molecular weight is 387 g/mol. The predicted octanol–water partition coefficient (Wildman–Crippen LogP) is 3.58. The van der Waals surface area contributed by atoms with Crippen molar-refractivity contribution in [3.8, 4) is 0 Å². The first kappa shape index (κ1) is 21.1. The van der Waals surface area contributed by atoms with Gasteiger partial charge in [-0.2, -0.15) is 0 Å². The van der Waals surface area contributed by atoms with Gasteiger partial charge in [-0.1, -0.05) is 43.2 Å². The van der Waals surface area contributed by atoms with Gasteiger partial charge >= 0.3 is 0 Å². The largest absolute Gasteiger partial charge is 0.381 e. The topological polar surface area (TPSA) is 48.9 Å². The van der Waals surface area contributed by atoms with Gasteiger partial charge < -0.3 is 20.3 Å². The molecule has 5 heteroatoms. The lowest BCUT2D eigenvalue weighted by Gasteiger charge is -2.34.